The summed E-state index contributed by atoms with van der Waals surface area (Å²) in [7, 11) is 0. The predicted octanol–water partition coefficient (Wildman–Crippen LogP) is 3.65. The fourth-order valence-electron chi connectivity index (χ4n) is 3.00. The molecule has 0 aliphatic carbocycles. The molecule has 0 radical (unpaired) electrons. The second-order valence-electron chi connectivity index (χ2n) is 7.59. The van der Waals surface area contributed by atoms with Gasteiger partial charge in [-0.15, -0.1) is 0 Å². The molecule has 1 aromatic rings. The van der Waals surface area contributed by atoms with Crippen LogP contribution in [0.3, 0.4) is 0 Å². The maximum atomic E-state index is 5.31. The summed E-state index contributed by atoms with van der Waals surface area (Å²) in [4.78, 5) is 6.98. The van der Waals surface area contributed by atoms with E-state index in [1.54, 1.807) is 0 Å². The van der Waals surface area contributed by atoms with Crippen molar-refractivity contribution in [2.75, 3.05) is 23.3 Å². The van der Waals surface area contributed by atoms with Gasteiger partial charge in [0.1, 0.15) is 5.82 Å². The summed E-state index contributed by atoms with van der Waals surface area (Å²) < 4.78 is 0. The van der Waals surface area contributed by atoms with E-state index < -0.39 is 0 Å². The third-order valence-corrected chi connectivity index (χ3v) is 3.89. The Kier molecular flexibility index (Phi) is 5.27. The molecule has 0 amide bonds. The minimum Gasteiger partial charge on any atom is -0.358 e. The van der Waals surface area contributed by atoms with Gasteiger partial charge in [-0.3, -0.25) is 0 Å². The Morgan fingerprint density at radius 1 is 1.23 bits per heavy atom. The Balaban J connectivity index is 1.97. The fraction of sp³-hybridized carbons (Fsp3) is 0.647. The molecule has 2 rings (SSSR count). The highest BCUT2D eigenvalue weighted by Gasteiger charge is 2.22. The summed E-state index contributed by atoms with van der Waals surface area (Å²) in [5.41, 5.74) is 0.876. The Morgan fingerprint density at radius 2 is 1.86 bits per heavy atom. The van der Waals surface area contributed by atoms with Crippen molar-refractivity contribution < 1.29 is 0 Å². The van der Waals surface area contributed by atoms with Crippen molar-refractivity contribution in [2.45, 2.75) is 46.6 Å². The van der Waals surface area contributed by atoms with Crippen LogP contribution in [0.15, 0.2) is 18.3 Å². The smallest absolute Gasteiger partial charge is 0.171 e. The molecular weight excluding hydrogens is 292 g/mol. The van der Waals surface area contributed by atoms with Crippen molar-refractivity contribution in [3.63, 3.8) is 0 Å². The first kappa shape index (κ1) is 17.0. The fourth-order valence-corrected chi connectivity index (χ4v) is 3.42. The van der Waals surface area contributed by atoms with E-state index in [-0.39, 0.29) is 5.54 Å². The first-order valence-corrected chi connectivity index (χ1v) is 8.44. The lowest BCUT2D eigenvalue weighted by Gasteiger charge is -2.35. The van der Waals surface area contributed by atoms with Gasteiger partial charge in [0.15, 0.2) is 5.11 Å². The number of aromatic nitrogens is 1. The van der Waals surface area contributed by atoms with Crippen molar-refractivity contribution >= 4 is 28.8 Å². The monoisotopic (exact) mass is 320 g/mol. The van der Waals surface area contributed by atoms with Gasteiger partial charge in [-0.2, -0.15) is 0 Å². The van der Waals surface area contributed by atoms with E-state index in [0.29, 0.717) is 5.11 Å². The van der Waals surface area contributed by atoms with Crippen molar-refractivity contribution in [1.82, 2.24) is 10.3 Å². The van der Waals surface area contributed by atoms with E-state index in [0.717, 1.165) is 36.4 Å². The third-order valence-electron chi connectivity index (χ3n) is 3.69. The molecule has 0 aromatic carbocycles. The summed E-state index contributed by atoms with van der Waals surface area (Å²) in [6, 6.07) is 4.12. The minimum atomic E-state index is -0.0441. The average molecular weight is 321 g/mol. The molecule has 1 fully saturated rings. The van der Waals surface area contributed by atoms with Gasteiger partial charge in [0.25, 0.3) is 0 Å². The Morgan fingerprint density at radius 3 is 2.36 bits per heavy atom. The van der Waals surface area contributed by atoms with Gasteiger partial charge < -0.3 is 15.5 Å². The predicted molar refractivity (Wildman–Crippen MR) is 98.5 cm³/mol. The van der Waals surface area contributed by atoms with Gasteiger partial charge in [-0.05, 0) is 63.4 Å². The molecule has 0 spiro atoms. The standard InChI is InChI=1S/C17H28N4S/c1-12-8-13(2)11-21(10-12)15-7-6-14(9-18-15)19-16(22)20-17(3,4)5/h6-7,9,12-13H,8,10-11H2,1-5H3,(H2,19,20,22). The van der Waals surface area contributed by atoms with Crippen LogP contribution in [0.2, 0.25) is 0 Å². The molecule has 0 saturated carbocycles. The highest BCUT2D eigenvalue weighted by molar-refractivity contribution is 7.80. The van der Waals surface area contributed by atoms with Gasteiger partial charge >= 0.3 is 0 Å². The van der Waals surface area contributed by atoms with Gasteiger partial charge in [-0.1, -0.05) is 13.8 Å². The summed E-state index contributed by atoms with van der Waals surface area (Å²) >= 11 is 5.31. The van der Waals surface area contributed by atoms with Crippen molar-refractivity contribution in [3.8, 4) is 0 Å². The van der Waals surface area contributed by atoms with E-state index in [1.165, 1.54) is 6.42 Å². The third kappa shape index (κ3) is 5.13. The lowest BCUT2D eigenvalue weighted by atomic mass is 9.92. The zero-order valence-corrected chi connectivity index (χ0v) is 15.1. The Labute approximate surface area is 139 Å². The van der Waals surface area contributed by atoms with E-state index in [1.807, 2.05) is 12.3 Å². The Hall–Kier alpha value is -1.36. The van der Waals surface area contributed by atoms with Crippen molar-refractivity contribution in [2.24, 2.45) is 11.8 Å². The Bertz CT molecular complexity index is 496. The molecule has 1 aliphatic rings. The molecular formula is C17H28N4S. The molecule has 2 unspecified atom stereocenters. The molecule has 2 heterocycles. The van der Waals surface area contributed by atoms with Crippen LogP contribution in [0.25, 0.3) is 0 Å². The minimum absolute atomic E-state index is 0.0441. The summed E-state index contributed by atoms with van der Waals surface area (Å²) in [6.45, 7) is 13.1. The van der Waals surface area contributed by atoms with Crippen LogP contribution in [0, 0.1) is 11.8 Å². The van der Waals surface area contributed by atoms with Crippen LogP contribution in [-0.2, 0) is 0 Å². The van der Waals surface area contributed by atoms with Crippen LogP contribution in [0.4, 0.5) is 11.5 Å². The number of nitrogens with one attached hydrogen (secondary N) is 2. The van der Waals surface area contributed by atoms with E-state index in [9.17, 15) is 0 Å². The maximum absolute atomic E-state index is 5.31. The second-order valence-corrected chi connectivity index (χ2v) is 7.99. The highest BCUT2D eigenvalue weighted by Crippen LogP contribution is 2.25. The molecule has 1 aliphatic heterocycles. The average Bonchev–Trinajstić information content (AvgIpc) is 2.36. The SMILES string of the molecule is CC1CC(C)CN(c2ccc(NC(=S)NC(C)(C)C)cn2)C1. The number of rotatable bonds is 2. The molecule has 2 N–H and O–H groups in total. The lowest BCUT2D eigenvalue weighted by Crippen LogP contribution is -2.43. The van der Waals surface area contributed by atoms with Gasteiger partial charge in [-0.25, -0.2) is 4.98 Å². The zero-order valence-electron chi connectivity index (χ0n) is 14.3. The molecule has 1 aromatic heterocycles. The molecule has 122 valence electrons. The van der Waals surface area contributed by atoms with Crippen LogP contribution in [0.5, 0.6) is 0 Å². The van der Waals surface area contributed by atoms with Crippen LogP contribution in [0.1, 0.15) is 41.0 Å². The second kappa shape index (κ2) is 6.82. The first-order chi connectivity index (χ1) is 10.2. The van der Waals surface area contributed by atoms with Crippen molar-refractivity contribution in [3.05, 3.63) is 18.3 Å². The van der Waals surface area contributed by atoms with Crippen LogP contribution in [-0.4, -0.2) is 28.7 Å². The molecule has 2 atom stereocenters. The molecule has 22 heavy (non-hydrogen) atoms. The van der Waals surface area contributed by atoms with Gasteiger partial charge in [0.2, 0.25) is 0 Å². The summed E-state index contributed by atoms with van der Waals surface area (Å²) in [5.74, 6) is 2.51. The zero-order chi connectivity index (χ0) is 16.3. The topological polar surface area (TPSA) is 40.2 Å². The number of thiocarbonyl (C=S) groups is 1. The number of hydrogen-bond acceptors (Lipinski definition) is 3. The van der Waals surface area contributed by atoms with E-state index >= 15 is 0 Å². The molecule has 5 heteroatoms. The number of anilines is 2. The maximum Gasteiger partial charge on any atom is 0.171 e. The molecule has 4 nitrogen and oxygen atoms in total. The highest BCUT2D eigenvalue weighted by atomic mass is 32.1. The molecule has 1 saturated heterocycles. The number of pyridine rings is 1. The van der Waals surface area contributed by atoms with Crippen LogP contribution >= 0.6 is 12.2 Å². The normalized spacial score (nSPS) is 22.3. The lowest BCUT2D eigenvalue weighted by molar-refractivity contribution is 0.355. The summed E-state index contributed by atoms with van der Waals surface area (Å²) in [6.07, 6.45) is 3.17. The van der Waals surface area contributed by atoms with E-state index in [4.69, 9.17) is 12.2 Å². The largest absolute Gasteiger partial charge is 0.358 e. The molecule has 0 bridgehead atoms. The van der Waals surface area contributed by atoms with Crippen molar-refractivity contribution in [1.29, 1.82) is 0 Å². The summed E-state index contributed by atoms with van der Waals surface area (Å²) in [5, 5.41) is 7.05. The number of piperidine rings is 1. The first-order valence-electron chi connectivity index (χ1n) is 8.03. The van der Waals surface area contributed by atoms with Gasteiger partial charge in [0, 0.05) is 18.6 Å². The number of hydrogen-bond donors (Lipinski definition) is 2. The van der Waals surface area contributed by atoms with Gasteiger partial charge in [0.05, 0.1) is 11.9 Å². The van der Waals surface area contributed by atoms with Crippen LogP contribution < -0.4 is 15.5 Å². The van der Waals surface area contributed by atoms with E-state index in [2.05, 4.69) is 61.2 Å². The number of nitrogens with zero attached hydrogens (tertiary/aromatic N) is 2. The quantitative estimate of drug-likeness (QED) is 0.814.